The number of carbonyl (C=O) groups is 5. The molecule has 1 saturated heterocycles. The second-order valence-electron chi connectivity index (χ2n) is 13.2. The maximum Gasteiger partial charge on any atom is 0.338 e. The van der Waals surface area contributed by atoms with E-state index in [-0.39, 0.29) is 24.0 Å². The summed E-state index contributed by atoms with van der Waals surface area (Å²) >= 11 is 0. The number of fused-ring (bicyclic) bond motifs is 1. The summed E-state index contributed by atoms with van der Waals surface area (Å²) in [5.74, 6) is -4.44. The number of hydrogen-bond acceptors (Lipinski definition) is 12. The standard InChI is InChI=1S/C35H40O12/c1-20(36)42-19-34-27(45-30(39)23-13-9-7-10-14-23)17-25-28(46-31(40)24-15-11-8-12-16-24)35(34,47-32(25,4)5)33(6,41)18-26(43-21(2)37)29(34)44-22(3)38/h7-16,25-29,41H,17-19H2,1-6H3/t25-,26+,27+,28-,29+,33-,34-,35+/m1/s1. The van der Waals surface area contributed by atoms with Gasteiger partial charge in [0, 0.05) is 33.1 Å². The Morgan fingerprint density at radius 1 is 0.745 bits per heavy atom. The third-order valence-corrected chi connectivity index (χ3v) is 9.69. The van der Waals surface area contributed by atoms with Gasteiger partial charge in [0.1, 0.15) is 30.3 Å². The SMILES string of the molecule is CC(=O)OC[C@]12[C@@H](OC(=O)c3ccccc3)C[C@@H]3[C@@H](OC(=O)c4ccccc4)[C@]1(OC3(C)C)[C@](C)(O)C[C@H](OC(C)=O)[C@@H]2OC(C)=O. The summed E-state index contributed by atoms with van der Waals surface area (Å²) in [6.07, 6.45) is -5.75. The molecule has 0 amide bonds. The highest BCUT2D eigenvalue weighted by Crippen LogP contribution is 2.69. The highest BCUT2D eigenvalue weighted by atomic mass is 16.6. The summed E-state index contributed by atoms with van der Waals surface area (Å²) in [5.41, 5.74) is -6.77. The first kappa shape index (κ1) is 34.1. The predicted molar refractivity (Wildman–Crippen MR) is 163 cm³/mol. The minimum atomic E-state index is -2.05. The van der Waals surface area contributed by atoms with E-state index in [4.69, 9.17) is 28.4 Å². The van der Waals surface area contributed by atoms with Gasteiger partial charge in [-0.25, -0.2) is 9.59 Å². The van der Waals surface area contributed by atoms with E-state index >= 15 is 0 Å². The minimum Gasteiger partial charge on any atom is -0.465 e. The molecular weight excluding hydrogens is 612 g/mol. The molecule has 2 aliphatic carbocycles. The van der Waals surface area contributed by atoms with E-state index in [1.807, 2.05) is 0 Å². The molecule has 1 spiro atoms. The van der Waals surface area contributed by atoms with Crippen molar-refractivity contribution >= 4 is 29.8 Å². The van der Waals surface area contributed by atoms with Crippen LogP contribution in [0.4, 0.5) is 0 Å². The quantitative estimate of drug-likeness (QED) is 0.327. The lowest BCUT2D eigenvalue weighted by atomic mass is 9.46. The van der Waals surface area contributed by atoms with E-state index in [1.165, 1.54) is 6.92 Å². The molecule has 2 aromatic carbocycles. The summed E-state index contributed by atoms with van der Waals surface area (Å²) in [6.45, 7) is 7.77. The zero-order valence-electron chi connectivity index (χ0n) is 27.2. The molecule has 12 heteroatoms. The normalized spacial score (nSPS) is 33.5. The summed E-state index contributed by atoms with van der Waals surface area (Å²) in [6, 6.07) is 16.4. The van der Waals surface area contributed by atoms with Crippen LogP contribution in [0.3, 0.4) is 0 Å². The molecule has 0 aromatic heterocycles. The molecule has 3 fully saturated rings. The number of hydrogen-bond donors (Lipinski definition) is 1. The Hall–Kier alpha value is -4.29. The van der Waals surface area contributed by atoms with Crippen LogP contribution < -0.4 is 0 Å². The number of carbonyl (C=O) groups excluding carboxylic acids is 5. The summed E-state index contributed by atoms with van der Waals surface area (Å²) in [7, 11) is 0. The summed E-state index contributed by atoms with van der Waals surface area (Å²) in [4.78, 5) is 65.2. The van der Waals surface area contributed by atoms with Gasteiger partial charge >= 0.3 is 29.8 Å². The van der Waals surface area contributed by atoms with E-state index in [9.17, 15) is 29.1 Å². The van der Waals surface area contributed by atoms with Crippen LogP contribution in [-0.2, 0) is 42.8 Å². The number of ether oxygens (including phenoxy) is 6. The Bertz CT molecular complexity index is 1540. The Morgan fingerprint density at radius 2 is 1.28 bits per heavy atom. The molecule has 2 bridgehead atoms. The van der Waals surface area contributed by atoms with Crippen molar-refractivity contribution in [2.24, 2.45) is 11.3 Å². The fourth-order valence-electron chi connectivity index (χ4n) is 7.97. The van der Waals surface area contributed by atoms with Gasteiger partial charge in [-0.05, 0) is 51.5 Å². The molecule has 5 rings (SSSR count). The van der Waals surface area contributed by atoms with Crippen LogP contribution in [0.5, 0.6) is 0 Å². The Labute approximate surface area is 272 Å². The van der Waals surface area contributed by atoms with E-state index in [0.717, 1.165) is 20.8 Å². The fourth-order valence-corrected chi connectivity index (χ4v) is 7.97. The van der Waals surface area contributed by atoms with E-state index in [2.05, 4.69) is 0 Å². The van der Waals surface area contributed by atoms with Crippen molar-refractivity contribution in [1.29, 1.82) is 0 Å². The molecule has 0 unspecified atom stereocenters. The molecule has 1 heterocycles. The molecule has 12 nitrogen and oxygen atoms in total. The van der Waals surface area contributed by atoms with Gasteiger partial charge in [0.15, 0.2) is 11.7 Å². The first-order valence-electron chi connectivity index (χ1n) is 15.5. The van der Waals surface area contributed by atoms with Gasteiger partial charge < -0.3 is 33.5 Å². The lowest BCUT2D eigenvalue weighted by Gasteiger charge is -2.65. The molecule has 1 aliphatic heterocycles. The van der Waals surface area contributed by atoms with Gasteiger partial charge in [-0.15, -0.1) is 0 Å². The zero-order valence-corrected chi connectivity index (χ0v) is 27.2. The fraction of sp³-hybridized carbons (Fsp3) is 0.514. The van der Waals surface area contributed by atoms with Gasteiger partial charge in [-0.1, -0.05) is 36.4 Å². The highest BCUT2D eigenvalue weighted by molar-refractivity contribution is 5.90. The van der Waals surface area contributed by atoms with Crippen molar-refractivity contribution < 1.29 is 57.5 Å². The number of aliphatic hydroxyl groups is 1. The Kier molecular flexibility index (Phi) is 8.97. The van der Waals surface area contributed by atoms with E-state index in [1.54, 1.807) is 74.5 Å². The molecule has 0 radical (unpaired) electrons. The van der Waals surface area contributed by atoms with Crippen molar-refractivity contribution in [3.63, 3.8) is 0 Å². The van der Waals surface area contributed by atoms with Crippen molar-refractivity contribution in [2.45, 2.75) is 95.6 Å². The number of benzene rings is 2. The first-order valence-corrected chi connectivity index (χ1v) is 15.5. The summed E-state index contributed by atoms with van der Waals surface area (Å²) in [5, 5.41) is 12.6. The monoisotopic (exact) mass is 652 g/mol. The van der Waals surface area contributed by atoms with Crippen LogP contribution in [0.15, 0.2) is 60.7 Å². The highest BCUT2D eigenvalue weighted by Gasteiger charge is 2.86. The summed E-state index contributed by atoms with van der Waals surface area (Å²) < 4.78 is 36.7. The second kappa shape index (κ2) is 12.4. The van der Waals surface area contributed by atoms with Gasteiger partial charge in [0.2, 0.25) is 0 Å². The minimum absolute atomic E-state index is 0.0397. The molecule has 3 aliphatic rings. The molecule has 47 heavy (non-hydrogen) atoms. The Balaban J connectivity index is 1.79. The zero-order chi connectivity index (χ0) is 34.4. The van der Waals surface area contributed by atoms with Crippen LogP contribution in [0.2, 0.25) is 0 Å². The molecule has 1 N–H and O–H groups in total. The predicted octanol–water partition coefficient (Wildman–Crippen LogP) is 3.57. The van der Waals surface area contributed by atoms with E-state index in [0.29, 0.717) is 0 Å². The molecular formula is C35H40O12. The maximum atomic E-state index is 13.7. The lowest BCUT2D eigenvalue weighted by molar-refractivity contribution is -0.354. The van der Waals surface area contributed by atoms with Gasteiger partial charge in [-0.2, -0.15) is 0 Å². The molecule has 252 valence electrons. The third-order valence-electron chi connectivity index (χ3n) is 9.69. The maximum absolute atomic E-state index is 13.7. The molecule has 8 atom stereocenters. The number of esters is 5. The molecule has 2 saturated carbocycles. The van der Waals surface area contributed by atoms with Crippen LogP contribution >= 0.6 is 0 Å². The molecule has 2 aromatic rings. The van der Waals surface area contributed by atoms with Crippen LogP contribution in [0.25, 0.3) is 0 Å². The van der Waals surface area contributed by atoms with Crippen molar-refractivity contribution in [3.05, 3.63) is 71.8 Å². The largest absolute Gasteiger partial charge is 0.465 e. The number of rotatable bonds is 8. The smallest absolute Gasteiger partial charge is 0.338 e. The van der Waals surface area contributed by atoms with Gasteiger partial charge in [0.25, 0.3) is 0 Å². The van der Waals surface area contributed by atoms with Crippen molar-refractivity contribution in [2.75, 3.05) is 6.61 Å². The third kappa shape index (κ3) is 5.78. The van der Waals surface area contributed by atoms with Gasteiger partial charge in [-0.3, -0.25) is 14.4 Å². The topological polar surface area (TPSA) is 161 Å². The average molecular weight is 653 g/mol. The van der Waals surface area contributed by atoms with E-state index < -0.39 is 89.0 Å². The van der Waals surface area contributed by atoms with Gasteiger partial charge in [0.05, 0.1) is 22.3 Å². The van der Waals surface area contributed by atoms with Crippen molar-refractivity contribution in [1.82, 2.24) is 0 Å². The van der Waals surface area contributed by atoms with Crippen molar-refractivity contribution in [3.8, 4) is 0 Å². The van der Waals surface area contributed by atoms with Crippen LogP contribution in [0, 0.1) is 11.3 Å². The van der Waals surface area contributed by atoms with Crippen LogP contribution in [-0.4, -0.2) is 82.8 Å². The first-order chi connectivity index (χ1) is 22.1. The second-order valence-corrected chi connectivity index (χ2v) is 13.2. The Morgan fingerprint density at radius 3 is 1.79 bits per heavy atom. The average Bonchev–Trinajstić information content (AvgIpc) is 3.17. The lowest BCUT2D eigenvalue weighted by Crippen LogP contribution is -2.83. The van der Waals surface area contributed by atoms with Crippen LogP contribution in [0.1, 0.15) is 75.1 Å².